The number of tetrazole rings is 1. The van der Waals surface area contributed by atoms with Gasteiger partial charge >= 0.3 is 6.03 Å². The summed E-state index contributed by atoms with van der Waals surface area (Å²) in [6.07, 6.45) is 4.67. The van der Waals surface area contributed by atoms with E-state index >= 15 is 0 Å². The highest BCUT2D eigenvalue weighted by atomic mass is 19.1. The molecule has 2 saturated heterocycles. The smallest absolute Gasteiger partial charge is 0.321 e. The first-order valence-corrected chi connectivity index (χ1v) is 8.42. The van der Waals surface area contributed by atoms with Crippen LogP contribution >= 0.6 is 0 Å². The van der Waals surface area contributed by atoms with Gasteiger partial charge in [-0.05, 0) is 54.9 Å². The zero-order valence-corrected chi connectivity index (χ0v) is 14.0. The van der Waals surface area contributed by atoms with Gasteiger partial charge in [-0.2, -0.15) is 0 Å². The van der Waals surface area contributed by atoms with Crippen molar-refractivity contribution in [3.8, 4) is 5.69 Å². The first kappa shape index (κ1) is 15.9. The number of urea groups is 1. The SMILES string of the molecule is CN1[C@H]2CC[C@@H]1CN(C(=O)Nc1cc(-n3cnnn3)ccc1F)CC2. The summed E-state index contributed by atoms with van der Waals surface area (Å²) in [5.74, 6) is -0.487. The van der Waals surface area contributed by atoms with E-state index in [1.807, 2.05) is 0 Å². The molecular weight excluding hydrogens is 325 g/mol. The van der Waals surface area contributed by atoms with Gasteiger partial charge in [0.1, 0.15) is 12.1 Å². The van der Waals surface area contributed by atoms with Crippen LogP contribution in [0, 0.1) is 5.82 Å². The minimum atomic E-state index is -0.487. The van der Waals surface area contributed by atoms with Crippen molar-refractivity contribution in [2.45, 2.75) is 31.3 Å². The second-order valence-electron chi connectivity index (χ2n) is 6.63. The molecule has 3 heterocycles. The van der Waals surface area contributed by atoms with Crippen LogP contribution in [0.3, 0.4) is 0 Å². The molecule has 8 nitrogen and oxygen atoms in total. The number of nitrogens with one attached hydrogen (secondary N) is 1. The number of aromatic nitrogens is 4. The van der Waals surface area contributed by atoms with E-state index in [2.05, 4.69) is 32.8 Å². The minimum absolute atomic E-state index is 0.126. The Bertz CT molecular complexity index is 766. The van der Waals surface area contributed by atoms with Crippen LogP contribution in [-0.2, 0) is 0 Å². The number of carbonyl (C=O) groups is 1. The topological polar surface area (TPSA) is 79.2 Å². The summed E-state index contributed by atoms with van der Waals surface area (Å²) in [6.45, 7) is 1.36. The highest BCUT2D eigenvalue weighted by Crippen LogP contribution is 2.29. The highest BCUT2D eigenvalue weighted by molar-refractivity contribution is 5.89. The molecule has 1 aromatic carbocycles. The molecule has 0 aliphatic carbocycles. The van der Waals surface area contributed by atoms with Crippen LogP contribution in [0.1, 0.15) is 19.3 Å². The number of amides is 2. The summed E-state index contributed by atoms with van der Waals surface area (Å²) in [6, 6.07) is 5.04. The fraction of sp³-hybridized carbons (Fsp3) is 0.500. The van der Waals surface area contributed by atoms with E-state index < -0.39 is 5.82 Å². The van der Waals surface area contributed by atoms with E-state index in [0.717, 1.165) is 12.8 Å². The standard InChI is InChI=1S/C16H20FN7O/c1-22-11-2-3-13(22)9-23(7-6-11)16(25)19-15-8-12(4-5-14(15)17)24-10-18-20-21-24/h4-5,8,10-11,13H,2-3,6-7,9H2,1H3,(H,19,25)/t11-,13+/m0/s1. The van der Waals surface area contributed by atoms with Gasteiger partial charge in [0.15, 0.2) is 0 Å². The fourth-order valence-electron chi connectivity index (χ4n) is 3.72. The molecule has 9 heteroatoms. The van der Waals surface area contributed by atoms with Crippen LogP contribution in [0.25, 0.3) is 5.69 Å². The molecule has 2 amide bonds. The fourth-order valence-corrected chi connectivity index (χ4v) is 3.72. The van der Waals surface area contributed by atoms with Gasteiger partial charge in [0.05, 0.1) is 11.4 Å². The summed E-state index contributed by atoms with van der Waals surface area (Å²) in [5, 5.41) is 13.6. The van der Waals surface area contributed by atoms with Gasteiger partial charge in [-0.1, -0.05) is 0 Å². The van der Waals surface area contributed by atoms with Crippen molar-refractivity contribution in [1.29, 1.82) is 0 Å². The second kappa shape index (κ2) is 6.40. The Kier molecular flexibility index (Phi) is 4.08. The number of fused-ring (bicyclic) bond motifs is 2. The van der Waals surface area contributed by atoms with Gasteiger partial charge < -0.3 is 10.2 Å². The van der Waals surface area contributed by atoms with E-state index in [4.69, 9.17) is 0 Å². The monoisotopic (exact) mass is 345 g/mol. The summed E-state index contributed by atoms with van der Waals surface area (Å²) >= 11 is 0. The van der Waals surface area contributed by atoms with Gasteiger partial charge in [-0.25, -0.2) is 13.9 Å². The van der Waals surface area contributed by atoms with E-state index in [1.165, 1.54) is 29.6 Å². The Labute approximate surface area is 144 Å². The largest absolute Gasteiger partial charge is 0.323 e. The molecule has 132 valence electrons. The number of anilines is 1. The van der Waals surface area contributed by atoms with Crippen molar-refractivity contribution in [2.24, 2.45) is 0 Å². The van der Waals surface area contributed by atoms with Crippen LogP contribution < -0.4 is 5.32 Å². The van der Waals surface area contributed by atoms with Crippen molar-refractivity contribution in [3.63, 3.8) is 0 Å². The maximum absolute atomic E-state index is 14.1. The van der Waals surface area contributed by atoms with Crippen LogP contribution in [0.2, 0.25) is 0 Å². The molecule has 4 rings (SSSR count). The Morgan fingerprint density at radius 3 is 2.92 bits per heavy atom. The van der Waals surface area contributed by atoms with Crippen molar-refractivity contribution in [1.82, 2.24) is 30.0 Å². The van der Waals surface area contributed by atoms with Gasteiger partial charge in [0.25, 0.3) is 0 Å². The lowest BCUT2D eigenvalue weighted by Crippen LogP contribution is -2.41. The molecule has 1 aromatic heterocycles. The maximum atomic E-state index is 14.1. The zero-order valence-electron chi connectivity index (χ0n) is 14.0. The quantitative estimate of drug-likeness (QED) is 0.892. The molecule has 0 spiro atoms. The van der Waals surface area contributed by atoms with Gasteiger partial charge in [0.2, 0.25) is 0 Å². The average molecular weight is 345 g/mol. The number of hydrogen-bond acceptors (Lipinski definition) is 5. The Morgan fingerprint density at radius 1 is 1.28 bits per heavy atom. The minimum Gasteiger partial charge on any atom is -0.323 e. The molecule has 2 atom stereocenters. The van der Waals surface area contributed by atoms with E-state index in [0.29, 0.717) is 30.9 Å². The normalized spacial score (nSPS) is 23.5. The Balaban J connectivity index is 1.50. The third-order valence-electron chi connectivity index (χ3n) is 5.24. The van der Waals surface area contributed by atoms with E-state index in [1.54, 1.807) is 11.0 Å². The number of halogens is 1. The molecule has 2 bridgehead atoms. The van der Waals surface area contributed by atoms with Crippen LogP contribution in [-0.4, -0.2) is 68.3 Å². The molecule has 2 aliphatic heterocycles. The van der Waals surface area contributed by atoms with Crippen molar-refractivity contribution in [2.75, 3.05) is 25.5 Å². The summed E-state index contributed by atoms with van der Waals surface area (Å²) < 4.78 is 15.5. The Morgan fingerprint density at radius 2 is 2.12 bits per heavy atom. The van der Waals surface area contributed by atoms with Crippen molar-refractivity contribution in [3.05, 3.63) is 30.3 Å². The number of nitrogens with zero attached hydrogens (tertiary/aromatic N) is 6. The van der Waals surface area contributed by atoms with Crippen molar-refractivity contribution < 1.29 is 9.18 Å². The van der Waals surface area contributed by atoms with Crippen LogP contribution in [0.5, 0.6) is 0 Å². The number of carbonyl (C=O) groups excluding carboxylic acids is 1. The molecule has 2 aromatic rings. The predicted octanol–water partition coefficient (Wildman–Crippen LogP) is 1.50. The summed E-state index contributed by atoms with van der Waals surface area (Å²) in [4.78, 5) is 16.8. The van der Waals surface area contributed by atoms with Crippen LogP contribution in [0.15, 0.2) is 24.5 Å². The maximum Gasteiger partial charge on any atom is 0.321 e. The number of hydrogen-bond donors (Lipinski definition) is 1. The predicted molar refractivity (Wildman–Crippen MR) is 88.9 cm³/mol. The van der Waals surface area contributed by atoms with E-state index in [-0.39, 0.29) is 11.7 Å². The highest BCUT2D eigenvalue weighted by Gasteiger charge is 2.36. The lowest BCUT2D eigenvalue weighted by atomic mass is 10.1. The van der Waals surface area contributed by atoms with Gasteiger partial charge in [-0.3, -0.25) is 4.90 Å². The van der Waals surface area contributed by atoms with Crippen LogP contribution in [0.4, 0.5) is 14.9 Å². The number of likely N-dealkylation sites (N-methyl/N-ethyl adjacent to an activating group) is 1. The second-order valence-corrected chi connectivity index (χ2v) is 6.63. The molecule has 0 radical (unpaired) electrons. The molecule has 1 N–H and O–H groups in total. The van der Waals surface area contributed by atoms with Crippen molar-refractivity contribution >= 4 is 11.7 Å². The number of likely N-dealkylation sites (tertiary alicyclic amines) is 1. The first-order valence-electron chi connectivity index (χ1n) is 8.42. The summed E-state index contributed by atoms with van der Waals surface area (Å²) in [7, 11) is 2.12. The van der Waals surface area contributed by atoms with Gasteiger partial charge in [0, 0.05) is 25.2 Å². The third kappa shape index (κ3) is 3.07. The lowest BCUT2D eigenvalue weighted by Gasteiger charge is -2.26. The van der Waals surface area contributed by atoms with Gasteiger partial charge in [-0.15, -0.1) is 5.10 Å². The molecule has 25 heavy (non-hydrogen) atoms. The Hall–Kier alpha value is -2.55. The lowest BCUT2D eigenvalue weighted by molar-refractivity contribution is 0.200. The average Bonchev–Trinajstić information content (AvgIpc) is 3.18. The summed E-state index contributed by atoms with van der Waals surface area (Å²) in [5.41, 5.74) is 0.706. The number of benzene rings is 1. The van der Waals surface area contributed by atoms with E-state index in [9.17, 15) is 9.18 Å². The zero-order chi connectivity index (χ0) is 17.4. The third-order valence-corrected chi connectivity index (χ3v) is 5.24. The molecule has 2 aliphatic rings. The molecule has 0 saturated carbocycles. The molecule has 2 fully saturated rings. The first-order chi connectivity index (χ1) is 12.1. The number of rotatable bonds is 2. The molecule has 0 unspecified atom stereocenters. The molecular formula is C16H20FN7O.